The maximum atomic E-state index is 11.7. The Morgan fingerprint density at radius 2 is 2.38 bits per heavy atom. The van der Waals surface area contributed by atoms with Gasteiger partial charge < -0.3 is 5.11 Å². The second-order valence-electron chi connectivity index (χ2n) is 4.36. The third kappa shape index (κ3) is 1.24. The van der Waals surface area contributed by atoms with Crippen molar-refractivity contribution in [1.29, 1.82) is 0 Å². The summed E-state index contributed by atoms with van der Waals surface area (Å²) in [5.74, 6) is 0.323. The Labute approximate surface area is 78.6 Å². The first-order valence-electron chi connectivity index (χ1n) is 5.06. The minimum absolute atomic E-state index is 0.323. The predicted octanol–water partition coefficient (Wildman–Crippen LogP) is 1.83. The molecule has 0 aliphatic heterocycles. The Hall–Kier alpha value is -0.630. The Balaban J connectivity index is 2.38. The number of rotatable bonds is 0. The Morgan fingerprint density at radius 3 is 3.08 bits per heavy atom. The number of hydrogen-bond acceptors (Lipinski definition) is 2. The van der Waals surface area contributed by atoms with Gasteiger partial charge in [-0.1, -0.05) is 6.08 Å². The molecule has 2 aliphatic carbocycles. The van der Waals surface area contributed by atoms with E-state index in [0.717, 1.165) is 24.8 Å². The van der Waals surface area contributed by atoms with Gasteiger partial charge in [0.05, 0.1) is 6.10 Å². The van der Waals surface area contributed by atoms with E-state index in [0.29, 0.717) is 18.6 Å². The molecule has 0 aromatic carbocycles. The van der Waals surface area contributed by atoms with Gasteiger partial charge in [-0.05, 0) is 38.2 Å². The van der Waals surface area contributed by atoms with Gasteiger partial charge in [0, 0.05) is 11.8 Å². The van der Waals surface area contributed by atoms with Gasteiger partial charge >= 0.3 is 0 Å². The lowest BCUT2D eigenvalue weighted by molar-refractivity contribution is -0.130. The van der Waals surface area contributed by atoms with Gasteiger partial charge in [0.15, 0.2) is 0 Å². The molecule has 0 aromatic heterocycles. The quantitative estimate of drug-likeness (QED) is 0.577. The van der Waals surface area contributed by atoms with Gasteiger partial charge in [-0.25, -0.2) is 0 Å². The first-order chi connectivity index (χ1) is 6.14. The van der Waals surface area contributed by atoms with Gasteiger partial charge in [-0.2, -0.15) is 0 Å². The van der Waals surface area contributed by atoms with Crippen molar-refractivity contribution < 1.29 is 9.90 Å². The molecule has 2 aliphatic rings. The van der Waals surface area contributed by atoms with Crippen LogP contribution in [0.2, 0.25) is 0 Å². The number of aliphatic hydroxyl groups is 1. The van der Waals surface area contributed by atoms with E-state index in [1.807, 2.05) is 6.92 Å². The van der Waals surface area contributed by atoms with E-state index in [1.54, 1.807) is 0 Å². The van der Waals surface area contributed by atoms with Crippen LogP contribution in [0.15, 0.2) is 11.6 Å². The molecule has 0 spiro atoms. The third-order valence-electron chi connectivity index (χ3n) is 3.50. The summed E-state index contributed by atoms with van der Waals surface area (Å²) in [5.41, 5.74) is 0.672. The molecule has 1 N–H and O–H groups in total. The highest BCUT2D eigenvalue weighted by atomic mass is 16.3. The number of Topliss-reactive ketones (excluding diaryl/α,β-unsaturated/α-hetero) is 1. The van der Waals surface area contributed by atoms with Crippen molar-refractivity contribution in [3.63, 3.8) is 0 Å². The molecule has 0 saturated heterocycles. The standard InChI is InChI=1S/C11H16O2/c1-11-7-3-2-4-8(11)9(12)5-6-10(11)13/h4,9,12H,2-3,5-7H2,1H3/t9-,11-/m1/s1. The molecular formula is C11H16O2. The third-order valence-corrected chi connectivity index (χ3v) is 3.50. The molecule has 0 unspecified atom stereocenters. The molecule has 1 fully saturated rings. The molecule has 2 rings (SSSR count). The molecule has 0 aromatic rings. The Kier molecular flexibility index (Phi) is 2.03. The zero-order valence-corrected chi connectivity index (χ0v) is 8.05. The summed E-state index contributed by atoms with van der Waals surface area (Å²) in [6, 6.07) is 0. The largest absolute Gasteiger partial charge is 0.389 e. The molecule has 0 heterocycles. The van der Waals surface area contributed by atoms with Crippen molar-refractivity contribution in [2.75, 3.05) is 0 Å². The van der Waals surface area contributed by atoms with Gasteiger partial charge in [0.2, 0.25) is 0 Å². The van der Waals surface area contributed by atoms with E-state index in [-0.39, 0.29) is 11.5 Å². The lowest BCUT2D eigenvalue weighted by Gasteiger charge is -2.40. The smallest absolute Gasteiger partial charge is 0.142 e. The minimum Gasteiger partial charge on any atom is -0.389 e. The van der Waals surface area contributed by atoms with E-state index in [1.165, 1.54) is 0 Å². The second kappa shape index (κ2) is 2.95. The van der Waals surface area contributed by atoms with Crippen molar-refractivity contribution in [3.05, 3.63) is 11.6 Å². The first kappa shape index (κ1) is 8.95. The number of ketones is 1. The highest BCUT2D eigenvalue weighted by molar-refractivity contribution is 5.89. The average Bonchev–Trinajstić information content (AvgIpc) is 2.12. The molecule has 72 valence electrons. The maximum absolute atomic E-state index is 11.7. The lowest BCUT2D eigenvalue weighted by atomic mass is 9.64. The van der Waals surface area contributed by atoms with Crippen LogP contribution in [-0.4, -0.2) is 17.0 Å². The number of carbonyl (C=O) groups excluding carboxylic acids is 1. The van der Waals surface area contributed by atoms with Gasteiger partial charge in [-0.15, -0.1) is 0 Å². The highest BCUT2D eigenvalue weighted by Crippen LogP contribution is 2.44. The van der Waals surface area contributed by atoms with Crippen LogP contribution >= 0.6 is 0 Å². The maximum Gasteiger partial charge on any atom is 0.142 e. The summed E-state index contributed by atoms with van der Waals surface area (Å²) in [5, 5.41) is 9.77. The highest BCUT2D eigenvalue weighted by Gasteiger charge is 2.43. The minimum atomic E-state index is -0.358. The number of hydrogen-bond donors (Lipinski definition) is 1. The molecule has 2 heteroatoms. The summed E-state index contributed by atoms with van der Waals surface area (Å²) < 4.78 is 0. The van der Waals surface area contributed by atoms with Gasteiger partial charge in [0.1, 0.15) is 5.78 Å². The zero-order chi connectivity index (χ0) is 9.47. The van der Waals surface area contributed by atoms with Gasteiger partial charge in [0.25, 0.3) is 0 Å². The lowest BCUT2D eigenvalue weighted by Crippen LogP contribution is -2.41. The summed E-state index contributed by atoms with van der Waals surface area (Å²) >= 11 is 0. The summed E-state index contributed by atoms with van der Waals surface area (Å²) in [4.78, 5) is 11.7. The number of aliphatic hydroxyl groups excluding tert-OH is 1. The first-order valence-corrected chi connectivity index (χ1v) is 5.06. The molecule has 0 radical (unpaired) electrons. The summed E-state index contributed by atoms with van der Waals surface area (Å²) in [6.45, 7) is 1.99. The van der Waals surface area contributed by atoms with Crippen LogP contribution in [0.25, 0.3) is 0 Å². The second-order valence-corrected chi connectivity index (χ2v) is 4.36. The van der Waals surface area contributed by atoms with E-state index < -0.39 is 0 Å². The Bertz CT molecular complexity index is 267. The van der Waals surface area contributed by atoms with E-state index >= 15 is 0 Å². The van der Waals surface area contributed by atoms with Crippen molar-refractivity contribution in [3.8, 4) is 0 Å². The summed E-state index contributed by atoms with van der Waals surface area (Å²) in [7, 11) is 0. The fourth-order valence-electron chi connectivity index (χ4n) is 2.59. The summed E-state index contributed by atoms with van der Waals surface area (Å²) in [6.07, 6.45) is 5.92. The number of fused-ring (bicyclic) bond motifs is 1. The van der Waals surface area contributed by atoms with E-state index in [4.69, 9.17) is 0 Å². The molecule has 0 amide bonds. The van der Waals surface area contributed by atoms with E-state index in [9.17, 15) is 9.90 Å². The van der Waals surface area contributed by atoms with Crippen LogP contribution in [0, 0.1) is 5.41 Å². The SMILES string of the molecule is C[C@@]12CCCC=C1[C@H](O)CCC2=O. The van der Waals surface area contributed by atoms with Gasteiger partial charge in [-0.3, -0.25) is 4.79 Å². The fraction of sp³-hybridized carbons (Fsp3) is 0.727. The normalized spacial score (nSPS) is 39.7. The molecule has 1 saturated carbocycles. The molecule has 2 nitrogen and oxygen atoms in total. The average molecular weight is 180 g/mol. The predicted molar refractivity (Wildman–Crippen MR) is 50.3 cm³/mol. The molecule has 2 atom stereocenters. The number of carbonyl (C=O) groups is 1. The topological polar surface area (TPSA) is 37.3 Å². The van der Waals surface area contributed by atoms with Crippen LogP contribution in [0.3, 0.4) is 0 Å². The van der Waals surface area contributed by atoms with Crippen molar-refractivity contribution >= 4 is 5.78 Å². The van der Waals surface area contributed by atoms with Crippen LogP contribution in [-0.2, 0) is 4.79 Å². The van der Waals surface area contributed by atoms with Crippen LogP contribution in [0.5, 0.6) is 0 Å². The van der Waals surface area contributed by atoms with Crippen LogP contribution in [0.4, 0.5) is 0 Å². The Morgan fingerprint density at radius 1 is 1.62 bits per heavy atom. The van der Waals surface area contributed by atoms with Crippen molar-refractivity contribution in [2.24, 2.45) is 5.41 Å². The number of allylic oxidation sites excluding steroid dienone is 1. The molecule has 13 heavy (non-hydrogen) atoms. The van der Waals surface area contributed by atoms with E-state index in [2.05, 4.69) is 6.08 Å². The van der Waals surface area contributed by atoms with Crippen molar-refractivity contribution in [2.45, 2.75) is 45.1 Å². The monoisotopic (exact) mass is 180 g/mol. The molecular weight excluding hydrogens is 164 g/mol. The van der Waals surface area contributed by atoms with Crippen molar-refractivity contribution in [1.82, 2.24) is 0 Å². The fourth-order valence-corrected chi connectivity index (χ4v) is 2.59. The van der Waals surface area contributed by atoms with Crippen LogP contribution < -0.4 is 0 Å². The molecule has 0 bridgehead atoms. The van der Waals surface area contributed by atoms with Crippen LogP contribution in [0.1, 0.15) is 39.0 Å². The zero-order valence-electron chi connectivity index (χ0n) is 8.05.